The number of halogens is 3. The van der Waals surface area contributed by atoms with E-state index < -0.39 is 23.4 Å². The smallest absolute Gasteiger partial charge is 0.450 e. The van der Waals surface area contributed by atoms with Crippen LogP contribution in [0.2, 0.25) is 0 Å². The monoisotopic (exact) mass is 496 g/mol. The molecule has 0 unspecified atom stereocenters. The highest BCUT2D eigenvalue weighted by molar-refractivity contribution is 5.95. The zero-order valence-electron chi connectivity index (χ0n) is 19.2. The molecule has 1 aromatic carbocycles. The van der Waals surface area contributed by atoms with Gasteiger partial charge in [-0.15, -0.1) is 0 Å². The summed E-state index contributed by atoms with van der Waals surface area (Å²) in [5.41, 5.74) is 2.86. The Kier molecular flexibility index (Phi) is 6.26. The van der Waals surface area contributed by atoms with Gasteiger partial charge in [0.25, 0.3) is 11.8 Å². The highest BCUT2D eigenvalue weighted by Gasteiger charge is 2.40. The fraction of sp³-hybridized carbons (Fsp3) is 0.269. The molecule has 1 saturated heterocycles. The van der Waals surface area contributed by atoms with Crippen molar-refractivity contribution in [1.29, 1.82) is 0 Å². The van der Waals surface area contributed by atoms with Gasteiger partial charge in [0, 0.05) is 43.8 Å². The number of hydrogen-bond donors (Lipinski definition) is 1. The molecule has 1 aliphatic heterocycles. The number of nitrogens with zero attached hydrogens (tertiary/aromatic N) is 3. The molecule has 0 aliphatic carbocycles. The third kappa shape index (κ3) is 4.84. The number of rotatable bonds is 5. The molecule has 0 atom stereocenters. The molecule has 186 valence electrons. The second kappa shape index (κ2) is 9.52. The van der Waals surface area contributed by atoms with Crippen molar-refractivity contribution in [2.75, 3.05) is 13.1 Å². The van der Waals surface area contributed by atoms with Crippen LogP contribution >= 0.6 is 0 Å². The van der Waals surface area contributed by atoms with E-state index in [0.717, 1.165) is 29.1 Å². The van der Waals surface area contributed by atoms with Crippen LogP contribution in [0.1, 0.15) is 56.4 Å². The number of furan rings is 1. The summed E-state index contributed by atoms with van der Waals surface area (Å²) in [6.45, 7) is 1.06. The fourth-order valence-corrected chi connectivity index (χ4v) is 4.54. The first kappa shape index (κ1) is 23.7. The van der Waals surface area contributed by atoms with Gasteiger partial charge in [-0.25, -0.2) is 4.98 Å². The lowest BCUT2D eigenvalue weighted by molar-refractivity contribution is -0.153. The molecule has 10 heteroatoms. The predicted molar refractivity (Wildman–Crippen MR) is 124 cm³/mol. The van der Waals surface area contributed by atoms with Gasteiger partial charge in [0.05, 0.1) is 11.8 Å². The molecule has 0 bridgehead atoms. The number of carbonyl (C=O) groups is 2. The van der Waals surface area contributed by atoms with Crippen LogP contribution in [0.5, 0.6) is 0 Å². The Morgan fingerprint density at radius 1 is 1.06 bits per heavy atom. The van der Waals surface area contributed by atoms with Crippen molar-refractivity contribution in [3.8, 4) is 0 Å². The summed E-state index contributed by atoms with van der Waals surface area (Å²) < 4.78 is 45.6. The largest absolute Gasteiger partial charge is 0.459 e. The number of benzene rings is 1. The maximum absolute atomic E-state index is 13.1. The van der Waals surface area contributed by atoms with Crippen molar-refractivity contribution in [3.05, 3.63) is 95.3 Å². The van der Waals surface area contributed by atoms with Crippen molar-refractivity contribution in [2.45, 2.75) is 31.5 Å². The molecule has 0 spiro atoms. The molecular weight excluding hydrogens is 473 g/mol. The summed E-state index contributed by atoms with van der Waals surface area (Å²) in [4.78, 5) is 30.9. The summed E-state index contributed by atoms with van der Waals surface area (Å²) >= 11 is 0. The van der Waals surface area contributed by atoms with Crippen molar-refractivity contribution < 1.29 is 27.2 Å². The van der Waals surface area contributed by atoms with Gasteiger partial charge in [-0.1, -0.05) is 12.1 Å². The van der Waals surface area contributed by atoms with Gasteiger partial charge >= 0.3 is 6.18 Å². The third-order valence-corrected chi connectivity index (χ3v) is 6.49. The van der Waals surface area contributed by atoms with Crippen LogP contribution in [0.25, 0.3) is 5.65 Å². The normalized spacial score (nSPS) is 14.8. The summed E-state index contributed by atoms with van der Waals surface area (Å²) in [5.74, 6) is -1.97. The fourth-order valence-electron chi connectivity index (χ4n) is 4.54. The van der Waals surface area contributed by atoms with E-state index in [9.17, 15) is 22.8 Å². The first-order valence-electron chi connectivity index (χ1n) is 11.5. The summed E-state index contributed by atoms with van der Waals surface area (Å²) in [6.07, 6.45) is 2.86. The molecule has 1 aliphatic rings. The van der Waals surface area contributed by atoms with Gasteiger partial charge < -0.3 is 19.0 Å². The number of hydrogen-bond acceptors (Lipinski definition) is 4. The molecule has 1 N–H and O–H groups in total. The molecule has 0 saturated carbocycles. The van der Waals surface area contributed by atoms with E-state index >= 15 is 0 Å². The first-order valence-corrected chi connectivity index (χ1v) is 11.5. The minimum Gasteiger partial charge on any atom is -0.459 e. The number of fused-ring (bicyclic) bond motifs is 1. The molecule has 3 aromatic heterocycles. The Morgan fingerprint density at radius 2 is 1.81 bits per heavy atom. The van der Waals surface area contributed by atoms with Crippen LogP contribution in [-0.4, -0.2) is 39.2 Å². The molecule has 4 heterocycles. The average molecular weight is 496 g/mol. The van der Waals surface area contributed by atoms with Gasteiger partial charge in [-0.3, -0.25) is 9.59 Å². The number of nitrogens with one attached hydrogen (secondary N) is 1. The number of carbonyl (C=O) groups excluding carboxylic acids is 2. The summed E-state index contributed by atoms with van der Waals surface area (Å²) in [6, 6.07) is 12.2. The van der Waals surface area contributed by atoms with Gasteiger partial charge in [0.1, 0.15) is 5.65 Å². The van der Waals surface area contributed by atoms with Crippen LogP contribution < -0.4 is 5.32 Å². The van der Waals surface area contributed by atoms with Crippen molar-refractivity contribution in [3.63, 3.8) is 0 Å². The van der Waals surface area contributed by atoms with Crippen LogP contribution in [-0.2, 0) is 12.7 Å². The number of pyridine rings is 1. The summed E-state index contributed by atoms with van der Waals surface area (Å²) in [5, 5.41) is 2.91. The lowest BCUT2D eigenvalue weighted by Gasteiger charge is -2.32. The van der Waals surface area contributed by atoms with Crippen LogP contribution in [0, 0.1) is 0 Å². The molecule has 7 nitrogen and oxygen atoms in total. The Labute approximate surface area is 204 Å². The van der Waals surface area contributed by atoms with E-state index in [-0.39, 0.29) is 11.8 Å². The standard InChI is InChI=1S/C26H23F3N4O3/c27-26(28,29)23-21(8-14-36-23)25(35)33-11-6-19(7-12-33)18-1-3-20(4-2-18)24(34)31-16-17-5-10-32-13-9-30-22(32)15-17/h1-5,8-10,13-15,19H,6-7,11-12,16H2,(H,31,34). The zero-order valence-corrected chi connectivity index (χ0v) is 19.2. The number of amides is 2. The number of likely N-dealkylation sites (tertiary alicyclic amines) is 1. The number of aromatic nitrogens is 2. The second-order valence-electron chi connectivity index (χ2n) is 8.76. The van der Waals surface area contributed by atoms with E-state index in [1.807, 2.05) is 41.1 Å². The van der Waals surface area contributed by atoms with E-state index in [4.69, 9.17) is 0 Å². The van der Waals surface area contributed by atoms with Crippen molar-refractivity contribution in [1.82, 2.24) is 19.6 Å². The van der Waals surface area contributed by atoms with Crippen LogP contribution in [0.15, 0.2) is 71.7 Å². The lowest BCUT2D eigenvalue weighted by Crippen LogP contribution is -2.38. The number of piperidine rings is 1. The minimum absolute atomic E-state index is 0.152. The number of imidazole rings is 1. The zero-order chi connectivity index (χ0) is 25.3. The van der Waals surface area contributed by atoms with Gasteiger partial charge in [0.2, 0.25) is 5.76 Å². The average Bonchev–Trinajstić information content (AvgIpc) is 3.57. The molecule has 5 rings (SSSR count). The molecule has 2 amide bonds. The Bertz CT molecular complexity index is 1380. The predicted octanol–water partition coefficient (Wildman–Crippen LogP) is 4.90. The van der Waals surface area contributed by atoms with Crippen LogP contribution in [0.3, 0.4) is 0 Å². The van der Waals surface area contributed by atoms with Gasteiger partial charge in [-0.05, 0) is 60.2 Å². The quantitative estimate of drug-likeness (QED) is 0.427. The second-order valence-corrected chi connectivity index (χ2v) is 8.76. The van der Waals surface area contributed by atoms with Crippen LogP contribution in [0.4, 0.5) is 13.2 Å². The van der Waals surface area contributed by atoms with Crippen molar-refractivity contribution in [2.24, 2.45) is 0 Å². The van der Waals surface area contributed by atoms with E-state index in [2.05, 4.69) is 14.7 Å². The molecule has 0 radical (unpaired) electrons. The lowest BCUT2D eigenvalue weighted by atomic mass is 9.88. The highest BCUT2D eigenvalue weighted by atomic mass is 19.4. The SMILES string of the molecule is O=C(NCc1ccn2ccnc2c1)c1ccc(C2CCN(C(=O)c3ccoc3C(F)(F)F)CC2)cc1. The first-order chi connectivity index (χ1) is 17.3. The Balaban J connectivity index is 1.15. The van der Waals surface area contributed by atoms with Gasteiger partial charge in [0.15, 0.2) is 0 Å². The highest BCUT2D eigenvalue weighted by Crippen LogP contribution is 2.34. The molecule has 4 aromatic rings. The van der Waals surface area contributed by atoms with Gasteiger partial charge in [-0.2, -0.15) is 13.2 Å². The van der Waals surface area contributed by atoms with E-state index in [0.29, 0.717) is 38.0 Å². The molecular formula is C26H23F3N4O3. The minimum atomic E-state index is -4.71. The van der Waals surface area contributed by atoms with E-state index in [1.54, 1.807) is 18.3 Å². The maximum Gasteiger partial charge on any atom is 0.450 e. The Morgan fingerprint density at radius 3 is 2.53 bits per heavy atom. The van der Waals surface area contributed by atoms with Crippen molar-refractivity contribution >= 4 is 17.5 Å². The Hall–Kier alpha value is -4.08. The third-order valence-electron chi connectivity index (χ3n) is 6.49. The molecule has 36 heavy (non-hydrogen) atoms. The topological polar surface area (TPSA) is 79.9 Å². The van der Waals surface area contributed by atoms with E-state index in [1.165, 1.54) is 4.90 Å². The summed E-state index contributed by atoms with van der Waals surface area (Å²) in [7, 11) is 0. The molecule has 1 fully saturated rings. The maximum atomic E-state index is 13.1. The number of alkyl halides is 3.